The molecule has 1 aromatic rings. The average molecular weight is 267 g/mol. The van der Waals surface area contributed by atoms with Gasteiger partial charge in [-0.3, -0.25) is 4.90 Å². The van der Waals surface area contributed by atoms with Crippen LogP contribution in [0.2, 0.25) is 0 Å². The molecule has 81 valence electrons. The fourth-order valence-corrected chi connectivity index (χ4v) is 2.57. The molecule has 15 heavy (non-hydrogen) atoms. The smallest absolute Gasteiger partial charge is 0.0236 e. The highest BCUT2D eigenvalue weighted by Crippen LogP contribution is 2.23. The van der Waals surface area contributed by atoms with Crippen molar-refractivity contribution in [1.82, 2.24) is 4.90 Å². The molecule has 1 nitrogen and oxygen atoms in total. The molecule has 0 bridgehead atoms. The zero-order chi connectivity index (χ0) is 10.8. The molecule has 0 saturated heterocycles. The molecule has 1 aliphatic heterocycles. The van der Waals surface area contributed by atoms with Gasteiger partial charge in [0.15, 0.2) is 0 Å². The van der Waals surface area contributed by atoms with Gasteiger partial charge in [-0.25, -0.2) is 0 Å². The van der Waals surface area contributed by atoms with Gasteiger partial charge in [0.05, 0.1) is 0 Å². The van der Waals surface area contributed by atoms with E-state index in [1.54, 1.807) is 0 Å². The van der Waals surface area contributed by atoms with Crippen LogP contribution in [0, 0.1) is 5.92 Å². The van der Waals surface area contributed by atoms with Crippen LogP contribution in [-0.2, 0) is 13.0 Å². The molecule has 1 heterocycles. The van der Waals surface area contributed by atoms with Gasteiger partial charge in [0.25, 0.3) is 0 Å². The number of hydrogen-bond donors (Lipinski definition) is 0. The Morgan fingerprint density at radius 1 is 1.33 bits per heavy atom. The van der Waals surface area contributed by atoms with Gasteiger partial charge in [0.1, 0.15) is 0 Å². The van der Waals surface area contributed by atoms with Crippen LogP contribution in [0.1, 0.15) is 25.0 Å². The molecule has 0 saturated carbocycles. The van der Waals surface area contributed by atoms with E-state index in [1.165, 1.54) is 34.5 Å². The van der Waals surface area contributed by atoms with Crippen LogP contribution in [0.4, 0.5) is 0 Å². The molecule has 0 amide bonds. The van der Waals surface area contributed by atoms with Crippen molar-refractivity contribution in [3.8, 4) is 0 Å². The first-order valence-electron chi connectivity index (χ1n) is 5.44. The molecule has 0 unspecified atom stereocenters. The number of rotatable bonds is 2. The topological polar surface area (TPSA) is 3.24 Å². The van der Waals surface area contributed by atoms with E-state index < -0.39 is 0 Å². The normalized spacial score (nSPS) is 16.8. The first-order valence-corrected chi connectivity index (χ1v) is 6.23. The summed E-state index contributed by atoms with van der Waals surface area (Å²) in [5, 5.41) is 0. The van der Waals surface area contributed by atoms with E-state index >= 15 is 0 Å². The number of benzene rings is 1. The summed E-state index contributed by atoms with van der Waals surface area (Å²) in [5.41, 5.74) is 3.00. The number of fused-ring (bicyclic) bond motifs is 1. The first kappa shape index (κ1) is 11.2. The molecule has 1 radical (unpaired) electrons. The molecule has 0 aromatic heterocycles. The Balaban J connectivity index is 2.10. The summed E-state index contributed by atoms with van der Waals surface area (Å²) in [6, 6.07) is 6.65. The predicted molar refractivity (Wildman–Crippen MR) is 67.7 cm³/mol. The molecular weight excluding hydrogens is 250 g/mol. The minimum atomic E-state index is 1.10. The Kier molecular flexibility index (Phi) is 3.47. The van der Waals surface area contributed by atoms with Gasteiger partial charge in [0.2, 0.25) is 0 Å². The standard InChI is InChI=1S/C13H17BrN/c1-10(2)8-15-6-5-11-7-13(14)4-3-12(11)9-15/h3-4,7H,5-6,8-9H2,1-2H3. The van der Waals surface area contributed by atoms with Gasteiger partial charge >= 0.3 is 0 Å². The lowest BCUT2D eigenvalue weighted by Gasteiger charge is -2.29. The van der Waals surface area contributed by atoms with Gasteiger partial charge in [0, 0.05) is 24.1 Å². The van der Waals surface area contributed by atoms with E-state index in [0.717, 1.165) is 13.1 Å². The van der Waals surface area contributed by atoms with Gasteiger partial charge in [-0.2, -0.15) is 0 Å². The van der Waals surface area contributed by atoms with E-state index in [2.05, 4.69) is 52.9 Å². The summed E-state index contributed by atoms with van der Waals surface area (Å²) in [4.78, 5) is 2.52. The van der Waals surface area contributed by atoms with Crippen molar-refractivity contribution in [3.63, 3.8) is 0 Å². The molecule has 2 heteroatoms. The molecule has 0 spiro atoms. The third kappa shape index (κ3) is 2.82. The van der Waals surface area contributed by atoms with Crippen molar-refractivity contribution in [2.75, 3.05) is 13.1 Å². The fourth-order valence-electron chi connectivity index (χ4n) is 2.16. The highest BCUT2D eigenvalue weighted by molar-refractivity contribution is 9.10. The van der Waals surface area contributed by atoms with Crippen molar-refractivity contribution in [3.05, 3.63) is 39.7 Å². The van der Waals surface area contributed by atoms with Crippen LogP contribution in [0.25, 0.3) is 0 Å². The van der Waals surface area contributed by atoms with Crippen LogP contribution in [-0.4, -0.2) is 18.0 Å². The van der Waals surface area contributed by atoms with Crippen LogP contribution in [0.5, 0.6) is 0 Å². The number of nitrogens with zero attached hydrogens (tertiary/aromatic N) is 1. The number of hydrogen-bond acceptors (Lipinski definition) is 1. The maximum Gasteiger partial charge on any atom is 0.0236 e. The van der Waals surface area contributed by atoms with E-state index in [4.69, 9.17) is 0 Å². The van der Waals surface area contributed by atoms with Crippen molar-refractivity contribution in [2.45, 2.75) is 26.8 Å². The average Bonchev–Trinajstić information content (AvgIpc) is 2.17. The van der Waals surface area contributed by atoms with Crippen LogP contribution in [0.3, 0.4) is 0 Å². The Hall–Kier alpha value is -0.340. The summed E-state index contributed by atoms with van der Waals surface area (Å²) >= 11 is 3.53. The first-order chi connectivity index (χ1) is 7.15. The molecular formula is C13H17BrN. The van der Waals surface area contributed by atoms with E-state index in [1.807, 2.05) is 0 Å². The molecule has 0 atom stereocenters. The highest BCUT2D eigenvalue weighted by Gasteiger charge is 2.16. The third-order valence-electron chi connectivity index (χ3n) is 2.80. The molecule has 1 aliphatic rings. The second kappa shape index (κ2) is 4.67. The minimum absolute atomic E-state index is 1.10. The monoisotopic (exact) mass is 266 g/mol. The summed E-state index contributed by atoms with van der Waals surface area (Å²) in [6.45, 7) is 7.84. The highest BCUT2D eigenvalue weighted by atomic mass is 79.9. The SMILES string of the molecule is C[C](C)CN1CCc2cc(Br)ccc2C1. The Morgan fingerprint density at radius 2 is 2.13 bits per heavy atom. The van der Waals surface area contributed by atoms with Crippen molar-refractivity contribution >= 4 is 15.9 Å². The van der Waals surface area contributed by atoms with Gasteiger partial charge in [-0.1, -0.05) is 35.8 Å². The third-order valence-corrected chi connectivity index (χ3v) is 3.29. The molecule has 0 fully saturated rings. The lowest BCUT2D eigenvalue weighted by atomic mass is 9.99. The van der Waals surface area contributed by atoms with E-state index in [-0.39, 0.29) is 0 Å². The maximum atomic E-state index is 3.53. The second-order valence-corrected chi connectivity index (χ2v) is 5.50. The fraction of sp³-hybridized carbons (Fsp3) is 0.462. The summed E-state index contributed by atoms with van der Waals surface area (Å²) < 4.78 is 1.20. The van der Waals surface area contributed by atoms with Crippen molar-refractivity contribution < 1.29 is 0 Å². The van der Waals surface area contributed by atoms with Crippen LogP contribution in [0.15, 0.2) is 22.7 Å². The summed E-state index contributed by atoms with van der Waals surface area (Å²) in [6.07, 6.45) is 1.18. The minimum Gasteiger partial charge on any atom is -0.298 e. The van der Waals surface area contributed by atoms with Gasteiger partial charge < -0.3 is 0 Å². The summed E-state index contributed by atoms with van der Waals surface area (Å²) in [5.74, 6) is 1.50. The maximum absolute atomic E-state index is 3.53. The molecule has 0 N–H and O–H groups in total. The molecule has 2 rings (SSSR count). The second-order valence-electron chi connectivity index (χ2n) is 4.58. The quantitative estimate of drug-likeness (QED) is 0.793. The van der Waals surface area contributed by atoms with Crippen LogP contribution >= 0.6 is 15.9 Å². The number of halogens is 1. The van der Waals surface area contributed by atoms with E-state index in [9.17, 15) is 0 Å². The Bertz CT molecular complexity index is 346. The van der Waals surface area contributed by atoms with Gasteiger partial charge in [-0.15, -0.1) is 0 Å². The van der Waals surface area contributed by atoms with Crippen molar-refractivity contribution in [1.29, 1.82) is 0 Å². The molecule has 1 aromatic carbocycles. The molecule has 0 aliphatic carbocycles. The van der Waals surface area contributed by atoms with Crippen molar-refractivity contribution in [2.24, 2.45) is 0 Å². The summed E-state index contributed by atoms with van der Waals surface area (Å²) in [7, 11) is 0. The largest absolute Gasteiger partial charge is 0.298 e. The van der Waals surface area contributed by atoms with Gasteiger partial charge in [-0.05, 0) is 35.6 Å². The predicted octanol–water partition coefficient (Wildman–Crippen LogP) is 3.42. The Morgan fingerprint density at radius 3 is 2.87 bits per heavy atom. The lowest BCUT2D eigenvalue weighted by Crippen LogP contribution is -2.32. The zero-order valence-electron chi connectivity index (χ0n) is 9.39. The Labute approximate surface area is 101 Å². The van der Waals surface area contributed by atoms with Crippen LogP contribution < -0.4 is 0 Å². The van der Waals surface area contributed by atoms with E-state index in [0.29, 0.717) is 0 Å². The lowest BCUT2D eigenvalue weighted by molar-refractivity contribution is 0.264. The zero-order valence-corrected chi connectivity index (χ0v) is 11.0.